The zero-order valence-electron chi connectivity index (χ0n) is 50.2. The monoisotopic (exact) mass is 1130 g/mol. The maximum atomic E-state index is 13.2. The van der Waals surface area contributed by atoms with Crippen molar-refractivity contribution in [1.29, 1.82) is 0 Å². The van der Waals surface area contributed by atoms with Crippen LogP contribution in [0.3, 0.4) is 0 Å². The largest absolute Gasteiger partial charge is 0.479 e. The fourth-order valence-electron chi connectivity index (χ4n) is 8.48. The Kier molecular flexibility index (Phi) is 50.5. The molecule has 456 valence electrons. The van der Waals surface area contributed by atoms with Gasteiger partial charge in [-0.1, -0.05) is 212 Å². The molecule has 1 fully saturated rings. The standard InChI is InChI=1S/C69H108O12/c1-4-7-10-13-16-19-22-25-28-30-31-33-35-37-40-43-46-49-52-55-61(70)77-58-60(79-62(71)56-53-50-47-44-41-39-36-32-29-26-23-20-17-14-11-8-5-2)59-78-69-67(65(74)64(73)66(81-69)68(75)76)80-63(72)57-54-51-48-45-42-38-34-27-24-21-18-15-12-9-6-3/h7-8,10-11,16-17,19-20,25-29,31,33-34,36-37,39-40,44,47,60,64-67,69,73-74H,4-6,9,12-15,18,21-24,30,32,35,38,41-43,45-46,48-59H2,1-3H3,(H,75,76)/b10-7-,11-8-,19-16-,20-17-,28-25-,29-26-,33-31-,34-27-,39-36-,40-37-,47-44-. The lowest BCUT2D eigenvalue weighted by Crippen LogP contribution is -2.61. The summed E-state index contributed by atoms with van der Waals surface area (Å²) in [5, 5.41) is 31.5. The first-order valence-electron chi connectivity index (χ1n) is 31.2. The molecule has 6 unspecified atom stereocenters. The fraction of sp³-hybridized carbons (Fsp3) is 0.623. The van der Waals surface area contributed by atoms with Crippen molar-refractivity contribution in [1.82, 2.24) is 0 Å². The Bertz CT molecular complexity index is 1920. The molecule has 1 saturated heterocycles. The van der Waals surface area contributed by atoms with Gasteiger partial charge < -0.3 is 39.0 Å². The summed E-state index contributed by atoms with van der Waals surface area (Å²) in [5.74, 6) is -3.27. The summed E-state index contributed by atoms with van der Waals surface area (Å²) in [6, 6.07) is 0. The lowest BCUT2D eigenvalue weighted by molar-refractivity contribution is -0.301. The number of allylic oxidation sites excluding steroid dienone is 22. The van der Waals surface area contributed by atoms with Crippen LogP contribution in [0, 0.1) is 0 Å². The van der Waals surface area contributed by atoms with Crippen LogP contribution in [0.4, 0.5) is 0 Å². The Morgan fingerprint density at radius 1 is 0.420 bits per heavy atom. The second-order valence-corrected chi connectivity index (χ2v) is 20.6. The first kappa shape index (κ1) is 73.9. The van der Waals surface area contributed by atoms with E-state index in [-0.39, 0.29) is 25.9 Å². The van der Waals surface area contributed by atoms with Crippen molar-refractivity contribution < 1.29 is 58.2 Å². The summed E-state index contributed by atoms with van der Waals surface area (Å²) < 4.78 is 28.4. The number of aliphatic carboxylic acids is 1. The van der Waals surface area contributed by atoms with E-state index in [1.807, 2.05) is 12.2 Å². The molecule has 0 aromatic heterocycles. The molecule has 1 aliphatic heterocycles. The van der Waals surface area contributed by atoms with Crippen LogP contribution < -0.4 is 0 Å². The molecule has 0 aliphatic carbocycles. The minimum absolute atomic E-state index is 0.0335. The highest BCUT2D eigenvalue weighted by Crippen LogP contribution is 2.26. The molecule has 0 saturated carbocycles. The Morgan fingerprint density at radius 3 is 1.25 bits per heavy atom. The maximum absolute atomic E-state index is 13.2. The zero-order valence-corrected chi connectivity index (χ0v) is 50.2. The van der Waals surface area contributed by atoms with Gasteiger partial charge in [0, 0.05) is 19.3 Å². The number of aliphatic hydroxyl groups excluding tert-OH is 2. The van der Waals surface area contributed by atoms with Gasteiger partial charge in [-0.2, -0.15) is 0 Å². The minimum atomic E-state index is -1.93. The molecule has 81 heavy (non-hydrogen) atoms. The van der Waals surface area contributed by atoms with E-state index in [0.717, 1.165) is 122 Å². The summed E-state index contributed by atoms with van der Waals surface area (Å²) in [4.78, 5) is 51.2. The summed E-state index contributed by atoms with van der Waals surface area (Å²) in [6.45, 7) is 5.68. The molecule has 12 nitrogen and oxygen atoms in total. The number of carboxylic acid groups (broad SMARTS) is 1. The molecule has 0 aromatic rings. The molecule has 0 spiro atoms. The van der Waals surface area contributed by atoms with Crippen molar-refractivity contribution in [3.8, 4) is 0 Å². The topological polar surface area (TPSA) is 175 Å². The number of carboxylic acids is 1. The molecule has 3 N–H and O–H groups in total. The van der Waals surface area contributed by atoms with Crippen LogP contribution in [-0.2, 0) is 42.9 Å². The fourth-order valence-corrected chi connectivity index (χ4v) is 8.48. The van der Waals surface area contributed by atoms with Crippen LogP contribution in [0.5, 0.6) is 0 Å². The van der Waals surface area contributed by atoms with Gasteiger partial charge in [0.15, 0.2) is 24.6 Å². The van der Waals surface area contributed by atoms with Crippen LogP contribution >= 0.6 is 0 Å². The van der Waals surface area contributed by atoms with Gasteiger partial charge in [0.1, 0.15) is 18.8 Å². The molecule has 1 heterocycles. The molecule has 0 amide bonds. The van der Waals surface area contributed by atoms with Crippen LogP contribution in [-0.4, -0.2) is 89.2 Å². The minimum Gasteiger partial charge on any atom is -0.479 e. The first-order valence-corrected chi connectivity index (χ1v) is 31.2. The predicted octanol–water partition coefficient (Wildman–Crippen LogP) is 16.6. The zero-order chi connectivity index (χ0) is 58.9. The third-order valence-corrected chi connectivity index (χ3v) is 13.2. The van der Waals surface area contributed by atoms with Crippen molar-refractivity contribution in [2.24, 2.45) is 0 Å². The molecular weight excluding hydrogens is 1020 g/mol. The van der Waals surface area contributed by atoms with Gasteiger partial charge >= 0.3 is 23.9 Å². The third-order valence-electron chi connectivity index (χ3n) is 13.2. The molecule has 0 radical (unpaired) electrons. The highest BCUT2D eigenvalue weighted by atomic mass is 16.7. The van der Waals surface area contributed by atoms with Crippen molar-refractivity contribution in [2.45, 2.75) is 263 Å². The van der Waals surface area contributed by atoms with E-state index in [1.165, 1.54) is 38.5 Å². The van der Waals surface area contributed by atoms with Crippen molar-refractivity contribution in [3.63, 3.8) is 0 Å². The van der Waals surface area contributed by atoms with E-state index in [9.17, 15) is 34.5 Å². The van der Waals surface area contributed by atoms with E-state index in [0.29, 0.717) is 25.7 Å². The summed E-state index contributed by atoms with van der Waals surface area (Å²) >= 11 is 0. The quantitative estimate of drug-likeness (QED) is 0.0228. The van der Waals surface area contributed by atoms with Crippen molar-refractivity contribution in [2.75, 3.05) is 13.2 Å². The van der Waals surface area contributed by atoms with Gasteiger partial charge in [0.2, 0.25) is 0 Å². The van der Waals surface area contributed by atoms with Crippen LogP contribution in [0.1, 0.15) is 226 Å². The summed E-state index contributed by atoms with van der Waals surface area (Å²) in [5.41, 5.74) is 0. The number of esters is 3. The number of rotatable bonds is 51. The summed E-state index contributed by atoms with van der Waals surface area (Å²) in [7, 11) is 0. The average Bonchev–Trinajstić information content (AvgIpc) is 3.53. The number of unbranched alkanes of at least 4 members (excludes halogenated alkanes) is 15. The molecule has 12 heteroatoms. The van der Waals surface area contributed by atoms with E-state index in [2.05, 4.69) is 142 Å². The van der Waals surface area contributed by atoms with Gasteiger partial charge in [-0.3, -0.25) is 14.4 Å². The Balaban J connectivity index is 2.76. The number of hydrogen-bond donors (Lipinski definition) is 3. The molecular formula is C69H108O12. The Labute approximate surface area is 490 Å². The number of ether oxygens (including phenoxy) is 5. The van der Waals surface area contributed by atoms with E-state index >= 15 is 0 Å². The molecule has 6 atom stereocenters. The van der Waals surface area contributed by atoms with Crippen molar-refractivity contribution in [3.05, 3.63) is 134 Å². The van der Waals surface area contributed by atoms with E-state index < -0.39 is 67.3 Å². The summed E-state index contributed by atoms with van der Waals surface area (Å²) in [6.07, 6.45) is 65.6. The molecule has 1 aliphatic rings. The lowest BCUT2D eigenvalue weighted by atomic mass is 9.98. The third kappa shape index (κ3) is 45.1. The highest BCUT2D eigenvalue weighted by molar-refractivity contribution is 5.74. The molecule has 0 aromatic carbocycles. The smallest absolute Gasteiger partial charge is 0.335 e. The second-order valence-electron chi connectivity index (χ2n) is 20.6. The number of carbonyl (C=O) groups is 4. The molecule has 1 rings (SSSR count). The predicted molar refractivity (Wildman–Crippen MR) is 330 cm³/mol. The normalized spacial score (nSPS) is 18.7. The number of carbonyl (C=O) groups excluding carboxylic acids is 3. The van der Waals surface area contributed by atoms with Gasteiger partial charge in [-0.25, -0.2) is 4.79 Å². The Morgan fingerprint density at radius 2 is 0.790 bits per heavy atom. The first-order chi connectivity index (χ1) is 39.6. The van der Waals surface area contributed by atoms with Crippen molar-refractivity contribution >= 4 is 23.9 Å². The average molecular weight is 1130 g/mol. The lowest BCUT2D eigenvalue weighted by Gasteiger charge is -2.40. The van der Waals surface area contributed by atoms with Gasteiger partial charge in [-0.05, 0) is 128 Å². The Hall–Kier alpha value is -5.14. The van der Waals surface area contributed by atoms with E-state index in [1.54, 1.807) is 0 Å². The number of aliphatic hydroxyl groups is 2. The van der Waals surface area contributed by atoms with Gasteiger partial charge in [-0.15, -0.1) is 0 Å². The number of hydrogen-bond acceptors (Lipinski definition) is 11. The van der Waals surface area contributed by atoms with Crippen LogP contribution in [0.2, 0.25) is 0 Å². The van der Waals surface area contributed by atoms with Crippen LogP contribution in [0.15, 0.2) is 134 Å². The highest BCUT2D eigenvalue weighted by Gasteiger charge is 2.50. The molecule has 0 bridgehead atoms. The maximum Gasteiger partial charge on any atom is 0.335 e. The van der Waals surface area contributed by atoms with E-state index in [4.69, 9.17) is 23.7 Å². The second kappa shape index (κ2) is 55.4. The SMILES string of the molecule is CC/C=C\C/C=C\C/C=C\C/C=C\C/C=C\CCCCCC(=O)OCC(COC1OC(C(=O)O)C(O)C(O)C1OC(=O)CCCCCCC/C=C\CCCCCCCC)OC(=O)CCC/C=C\C/C=C\C/C=C\C/C=C\C/C=C\CC. The van der Waals surface area contributed by atoms with Gasteiger partial charge in [0.25, 0.3) is 0 Å². The van der Waals surface area contributed by atoms with Gasteiger partial charge in [0.05, 0.1) is 6.61 Å². The van der Waals surface area contributed by atoms with Crippen LogP contribution in [0.25, 0.3) is 0 Å².